The Kier molecular flexibility index (Phi) is 4.07. The minimum atomic E-state index is 0.410. The fourth-order valence-corrected chi connectivity index (χ4v) is 2.03. The maximum absolute atomic E-state index is 4.51. The topological polar surface area (TPSA) is 29.9 Å². The first-order chi connectivity index (χ1) is 8.56. The van der Waals surface area contributed by atoms with E-state index in [2.05, 4.69) is 71.4 Å². The quantitative estimate of drug-likeness (QED) is 0.919. The minimum Gasteiger partial charge on any atom is -0.379 e. The van der Waals surface area contributed by atoms with Gasteiger partial charge in [0.1, 0.15) is 0 Å². The fraction of sp³-hybridized carbons (Fsp3) is 0.357. The summed E-state index contributed by atoms with van der Waals surface area (Å²) in [6, 6.07) is 8.73. The third-order valence-electron chi connectivity index (χ3n) is 2.84. The summed E-state index contributed by atoms with van der Waals surface area (Å²) in [6.07, 6.45) is 2.02. The van der Waals surface area contributed by atoms with E-state index >= 15 is 0 Å². The molecule has 0 aliphatic heterocycles. The number of nitrogens with one attached hydrogen (secondary N) is 1. The Bertz CT molecular complexity index is 532. The molecule has 0 unspecified atom stereocenters. The number of halogens is 1. The van der Waals surface area contributed by atoms with E-state index in [1.54, 1.807) is 0 Å². The molecule has 0 atom stereocenters. The summed E-state index contributed by atoms with van der Waals surface area (Å²) in [5, 5.41) is 7.88. The van der Waals surface area contributed by atoms with Crippen LogP contribution in [0.15, 0.2) is 34.9 Å². The van der Waals surface area contributed by atoms with Crippen molar-refractivity contribution in [2.75, 3.05) is 5.32 Å². The van der Waals surface area contributed by atoms with E-state index in [1.165, 1.54) is 5.56 Å². The van der Waals surface area contributed by atoms with Gasteiger partial charge in [0.2, 0.25) is 0 Å². The summed E-state index contributed by atoms with van der Waals surface area (Å²) in [5.41, 5.74) is 3.40. The number of anilines is 1. The van der Waals surface area contributed by atoms with Crippen LogP contribution in [0.5, 0.6) is 0 Å². The van der Waals surface area contributed by atoms with Gasteiger partial charge < -0.3 is 5.32 Å². The molecule has 0 aliphatic carbocycles. The van der Waals surface area contributed by atoms with E-state index in [-0.39, 0.29) is 0 Å². The van der Waals surface area contributed by atoms with Crippen LogP contribution in [-0.2, 0) is 6.54 Å². The highest BCUT2D eigenvalue weighted by atomic mass is 79.9. The number of rotatable bonds is 4. The highest BCUT2D eigenvalue weighted by Gasteiger charge is 2.02. The summed E-state index contributed by atoms with van der Waals surface area (Å²) in [5.74, 6) is 0. The highest BCUT2D eigenvalue weighted by molar-refractivity contribution is 9.10. The van der Waals surface area contributed by atoms with Crippen LogP contribution in [0.25, 0.3) is 0 Å². The summed E-state index contributed by atoms with van der Waals surface area (Å²) >= 11 is 3.54. The lowest BCUT2D eigenvalue weighted by atomic mass is 10.2. The van der Waals surface area contributed by atoms with Gasteiger partial charge in [0, 0.05) is 22.4 Å². The number of benzene rings is 1. The molecule has 2 rings (SSSR count). The molecule has 1 N–H and O–H groups in total. The Labute approximate surface area is 116 Å². The Morgan fingerprint density at radius 2 is 2.11 bits per heavy atom. The number of hydrogen-bond donors (Lipinski definition) is 1. The summed E-state index contributed by atoms with van der Waals surface area (Å²) in [7, 11) is 0. The molecule has 0 bridgehead atoms. The second-order valence-electron chi connectivity index (χ2n) is 4.70. The molecule has 0 radical (unpaired) electrons. The minimum absolute atomic E-state index is 0.410. The molecule has 4 heteroatoms. The maximum atomic E-state index is 4.51. The van der Waals surface area contributed by atoms with Crippen molar-refractivity contribution in [3.63, 3.8) is 0 Å². The van der Waals surface area contributed by atoms with Crippen LogP contribution >= 0.6 is 15.9 Å². The molecule has 0 fully saturated rings. The number of aromatic nitrogens is 2. The lowest BCUT2D eigenvalue weighted by Gasteiger charge is -2.07. The number of aryl methyl sites for hydroxylation is 1. The molecule has 18 heavy (non-hydrogen) atoms. The van der Waals surface area contributed by atoms with Gasteiger partial charge >= 0.3 is 0 Å². The van der Waals surface area contributed by atoms with Crippen molar-refractivity contribution in [2.24, 2.45) is 0 Å². The second-order valence-corrected chi connectivity index (χ2v) is 5.55. The van der Waals surface area contributed by atoms with E-state index in [4.69, 9.17) is 0 Å². The maximum Gasteiger partial charge on any atom is 0.0815 e. The molecule has 0 spiro atoms. The van der Waals surface area contributed by atoms with Gasteiger partial charge in [-0.3, -0.25) is 4.68 Å². The molecule has 1 aromatic carbocycles. The van der Waals surface area contributed by atoms with Crippen molar-refractivity contribution < 1.29 is 0 Å². The van der Waals surface area contributed by atoms with Crippen LogP contribution in [0.2, 0.25) is 0 Å². The third kappa shape index (κ3) is 3.13. The molecule has 0 amide bonds. The van der Waals surface area contributed by atoms with Gasteiger partial charge in [0.25, 0.3) is 0 Å². The molecule has 1 aromatic heterocycles. The Morgan fingerprint density at radius 3 is 2.72 bits per heavy atom. The Hall–Kier alpha value is -1.29. The van der Waals surface area contributed by atoms with Crippen LogP contribution in [0.4, 0.5) is 5.69 Å². The molecule has 1 heterocycles. The lowest BCUT2D eigenvalue weighted by molar-refractivity contribution is 0.527. The third-order valence-corrected chi connectivity index (χ3v) is 3.69. The zero-order valence-corrected chi connectivity index (χ0v) is 12.5. The van der Waals surface area contributed by atoms with E-state index < -0.39 is 0 Å². The molecule has 2 aromatic rings. The van der Waals surface area contributed by atoms with E-state index in [0.29, 0.717) is 6.04 Å². The number of hydrogen-bond acceptors (Lipinski definition) is 2. The molecule has 0 saturated heterocycles. The standard InChI is InChI=1S/C14H18BrN3/c1-10(2)18-7-6-13(17-18)9-16-12-5-4-11(3)14(15)8-12/h4-8,10,16H,9H2,1-3H3. The van der Waals surface area contributed by atoms with Crippen molar-refractivity contribution in [1.29, 1.82) is 0 Å². The van der Waals surface area contributed by atoms with Gasteiger partial charge in [-0.1, -0.05) is 22.0 Å². The van der Waals surface area contributed by atoms with Crippen molar-refractivity contribution in [3.05, 3.63) is 46.2 Å². The molecule has 96 valence electrons. The van der Waals surface area contributed by atoms with Gasteiger partial charge in [-0.2, -0.15) is 5.10 Å². The van der Waals surface area contributed by atoms with Crippen molar-refractivity contribution in [3.8, 4) is 0 Å². The average Bonchev–Trinajstić information content (AvgIpc) is 2.79. The van der Waals surface area contributed by atoms with Crippen molar-refractivity contribution in [2.45, 2.75) is 33.4 Å². The van der Waals surface area contributed by atoms with E-state index in [1.807, 2.05) is 10.9 Å². The monoisotopic (exact) mass is 307 g/mol. The first kappa shape index (κ1) is 13.1. The average molecular weight is 308 g/mol. The predicted molar refractivity (Wildman–Crippen MR) is 78.8 cm³/mol. The molecular weight excluding hydrogens is 290 g/mol. The zero-order chi connectivity index (χ0) is 13.1. The normalized spacial score (nSPS) is 10.9. The van der Waals surface area contributed by atoms with Gasteiger partial charge in [0.05, 0.1) is 12.2 Å². The van der Waals surface area contributed by atoms with Crippen LogP contribution in [0.3, 0.4) is 0 Å². The zero-order valence-electron chi connectivity index (χ0n) is 10.9. The summed E-state index contributed by atoms with van der Waals surface area (Å²) in [6.45, 7) is 7.08. The van der Waals surface area contributed by atoms with Gasteiger partial charge in [-0.15, -0.1) is 0 Å². The second kappa shape index (κ2) is 5.57. The first-order valence-corrected chi connectivity index (χ1v) is 6.89. The van der Waals surface area contributed by atoms with Crippen LogP contribution in [-0.4, -0.2) is 9.78 Å². The van der Waals surface area contributed by atoms with E-state index in [9.17, 15) is 0 Å². The largest absolute Gasteiger partial charge is 0.379 e. The van der Waals surface area contributed by atoms with Crippen LogP contribution in [0.1, 0.15) is 31.1 Å². The lowest BCUT2D eigenvalue weighted by Crippen LogP contribution is -2.04. The number of nitrogens with zero attached hydrogens (tertiary/aromatic N) is 2. The van der Waals surface area contributed by atoms with Crippen LogP contribution in [0, 0.1) is 6.92 Å². The van der Waals surface area contributed by atoms with Gasteiger partial charge in [-0.25, -0.2) is 0 Å². The fourth-order valence-electron chi connectivity index (χ4n) is 1.65. The molecular formula is C14H18BrN3. The predicted octanol–water partition coefficient (Wildman–Crippen LogP) is 4.15. The van der Waals surface area contributed by atoms with Crippen LogP contribution < -0.4 is 5.32 Å². The molecule has 3 nitrogen and oxygen atoms in total. The Morgan fingerprint density at radius 1 is 1.33 bits per heavy atom. The molecule has 0 saturated carbocycles. The highest BCUT2D eigenvalue weighted by Crippen LogP contribution is 2.20. The van der Waals surface area contributed by atoms with Gasteiger partial charge in [-0.05, 0) is 44.5 Å². The Balaban J connectivity index is 2.00. The smallest absolute Gasteiger partial charge is 0.0815 e. The van der Waals surface area contributed by atoms with Crippen molar-refractivity contribution in [1.82, 2.24) is 9.78 Å². The van der Waals surface area contributed by atoms with E-state index in [0.717, 1.165) is 22.4 Å². The summed E-state index contributed by atoms with van der Waals surface area (Å²) < 4.78 is 3.10. The summed E-state index contributed by atoms with van der Waals surface area (Å²) in [4.78, 5) is 0. The molecule has 0 aliphatic rings. The van der Waals surface area contributed by atoms with Crippen molar-refractivity contribution >= 4 is 21.6 Å². The SMILES string of the molecule is Cc1ccc(NCc2ccn(C(C)C)n2)cc1Br. The first-order valence-electron chi connectivity index (χ1n) is 6.10. The van der Waals surface area contributed by atoms with Gasteiger partial charge in [0.15, 0.2) is 0 Å².